The summed E-state index contributed by atoms with van der Waals surface area (Å²) in [5.41, 5.74) is 1.23. The SMILES string of the molecule is CCOC(=O)NC(=O)CSC1=C(C#N)C(c2cccs2)C(C(=O)OCC)=C(C)N1. The molecule has 2 amide bonds. The zero-order chi connectivity index (χ0) is 21.4. The number of dihydropyridines is 1. The van der Waals surface area contributed by atoms with Crippen LogP contribution in [-0.2, 0) is 19.1 Å². The molecule has 0 aliphatic carbocycles. The van der Waals surface area contributed by atoms with E-state index in [1.165, 1.54) is 11.3 Å². The lowest BCUT2D eigenvalue weighted by molar-refractivity contribution is -0.138. The van der Waals surface area contributed by atoms with E-state index in [0.717, 1.165) is 16.6 Å². The van der Waals surface area contributed by atoms with Gasteiger partial charge in [-0.1, -0.05) is 17.8 Å². The summed E-state index contributed by atoms with van der Waals surface area (Å²) < 4.78 is 9.86. The van der Waals surface area contributed by atoms with E-state index in [2.05, 4.69) is 21.4 Å². The second-order valence-electron chi connectivity index (χ2n) is 5.74. The minimum absolute atomic E-state index is 0.106. The van der Waals surface area contributed by atoms with Crippen LogP contribution in [0.2, 0.25) is 0 Å². The Bertz CT molecular complexity index is 884. The Kier molecular flexibility index (Phi) is 8.30. The van der Waals surface area contributed by atoms with Crippen molar-refractivity contribution in [1.82, 2.24) is 10.6 Å². The molecule has 0 fully saturated rings. The minimum atomic E-state index is -0.818. The molecular weight excluding hydrogens is 414 g/mol. The first-order valence-electron chi connectivity index (χ1n) is 8.84. The zero-order valence-corrected chi connectivity index (χ0v) is 17.9. The average Bonchev–Trinajstić information content (AvgIpc) is 3.20. The number of hydrogen-bond donors (Lipinski definition) is 2. The number of nitrogens with one attached hydrogen (secondary N) is 2. The van der Waals surface area contributed by atoms with Crippen LogP contribution in [-0.4, -0.2) is 36.9 Å². The van der Waals surface area contributed by atoms with Gasteiger partial charge in [0.2, 0.25) is 5.91 Å². The summed E-state index contributed by atoms with van der Waals surface area (Å²) in [6, 6.07) is 5.85. The van der Waals surface area contributed by atoms with Crippen molar-refractivity contribution < 1.29 is 23.9 Å². The van der Waals surface area contributed by atoms with Crippen LogP contribution >= 0.6 is 23.1 Å². The molecule has 1 unspecified atom stereocenters. The van der Waals surface area contributed by atoms with Gasteiger partial charge in [-0.25, -0.2) is 9.59 Å². The number of amides is 2. The number of imide groups is 1. The zero-order valence-electron chi connectivity index (χ0n) is 16.2. The van der Waals surface area contributed by atoms with Gasteiger partial charge < -0.3 is 14.8 Å². The topological polar surface area (TPSA) is 118 Å². The van der Waals surface area contributed by atoms with Gasteiger partial charge in [-0.05, 0) is 32.2 Å². The minimum Gasteiger partial charge on any atom is -0.463 e. The lowest BCUT2D eigenvalue weighted by Crippen LogP contribution is -2.33. The highest BCUT2D eigenvalue weighted by Crippen LogP contribution is 2.42. The molecule has 0 saturated carbocycles. The van der Waals surface area contributed by atoms with Crippen LogP contribution in [0.3, 0.4) is 0 Å². The fourth-order valence-corrected chi connectivity index (χ4v) is 4.44. The Morgan fingerprint density at radius 2 is 2.03 bits per heavy atom. The number of ether oxygens (including phenoxy) is 2. The Morgan fingerprint density at radius 3 is 2.62 bits per heavy atom. The fourth-order valence-electron chi connectivity index (χ4n) is 2.70. The van der Waals surface area contributed by atoms with Crippen molar-refractivity contribution in [2.75, 3.05) is 19.0 Å². The lowest BCUT2D eigenvalue weighted by Gasteiger charge is -2.28. The standard InChI is InChI=1S/C19H21N3O5S2/c1-4-26-18(24)15-11(3)21-17(29-10-14(23)22-19(25)27-5-2)12(9-20)16(15)13-7-6-8-28-13/h6-8,16,21H,4-5,10H2,1-3H3,(H,22,23,25). The molecule has 1 aromatic heterocycles. The summed E-state index contributed by atoms with van der Waals surface area (Å²) in [5.74, 6) is -1.74. The maximum absolute atomic E-state index is 12.6. The van der Waals surface area contributed by atoms with Crippen LogP contribution in [0.25, 0.3) is 0 Å². The normalized spacial score (nSPS) is 16.0. The van der Waals surface area contributed by atoms with Gasteiger partial charge in [0.15, 0.2) is 0 Å². The smallest absolute Gasteiger partial charge is 0.413 e. The van der Waals surface area contributed by atoms with Crippen molar-refractivity contribution in [3.63, 3.8) is 0 Å². The summed E-state index contributed by atoms with van der Waals surface area (Å²) >= 11 is 2.50. The molecule has 29 heavy (non-hydrogen) atoms. The van der Waals surface area contributed by atoms with Crippen molar-refractivity contribution in [3.05, 3.63) is 44.3 Å². The first-order chi connectivity index (χ1) is 13.9. The molecule has 1 aromatic rings. The third-order valence-electron chi connectivity index (χ3n) is 3.84. The molecule has 0 spiro atoms. The number of carbonyl (C=O) groups excluding carboxylic acids is 3. The van der Waals surface area contributed by atoms with Crippen LogP contribution in [0.5, 0.6) is 0 Å². The lowest BCUT2D eigenvalue weighted by atomic mass is 9.87. The number of nitriles is 1. The van der Waals surface area contributed by atoms with E-state index in [1.807, 2.05) is 17.5 Å². The molecule has 1 aliphatic rings. The van der Waals surface area contributed by atoms with E-state index in [1.54, 1.807) is 20.8 Å². The first kappa shape index (κ1) is 22.5. The molecule has 1 atom stereocenters. The van der Waals surface area contributed by atoms with E-state index in [4.69, 9.17) is 4.74 Å². The third kappa shape index (κ3) is 5.62. The van der Waals surface area contributed by atoms with Crippen LogP contribution < -0.4 is 10.6 Å². The second-order valence-corrected chi connectivity index (χ2v) is 7.71. The predicted molar refractivity (Wildman–Crippen MR) is 110 cm³/mol. The number of allylic oxidation sites excluding steroid dienone is 2. The number of nitrogens with zero attached hydrogens (tertiary/aromatic N) is 1. The number of esters is 1. The molecule has 2 rings (SSSR count). The maximum Gasteiger partial charge on any atom is 0.413 e. The van der Waals surface area contributed by atoms with Gasteiger partial charge >= 0.3 is 12.1 Å². The van der Waals surface area contributed by atoms with Crippen LogP contribution in [0.1, 0.15) is 31.6 Å². The van der Waals surface area contributed by atoms with Crippen molar-refractivity contribution in [3.8, 4) is 6.07 Å². The molecule has 154 valence electrons. The van der Waals surface area contributed by atoms with Gasteiger partial charge in [0, 0.05) is 10.6 Å². The number of thiophene rings is 1. The van der Waals surface area contributed by atoms with Crippen LogP contribution in [0, 0.1) is 11.3 Å². The van der Waals surface area contributed by atoms with E-state index in [-0.39, 0.29) is 19.0 Å². The molecule has 2 N–H and O–H groups in total. The Labute approximate surface area is 176 Å². The van der Waals surface area contributed by atoms with Crippen molar-refractivity contribution >= 4 is 41.1 Å². The van der Waals surface area contributed by atoms with E-state index in [0.29, 0.717) is 21.9 Å². The van der Waals surface area contributed by atoms with Gasteiger partial charge in [0.25, 0.3) is 0 Å². The van der Waals surface area contributed by atoms with Gasteiger partial charge in [0.05, 0.1) is 47.1 Å². The number of hydrogen-bond acceptors (Lipinski definition) is 9. The van der Waals surface area contributed by atoms with Crippen molar-refractivity contribution in [1.29, 1.82) is 5.26 Å². The summed E-state index contributed by atoms with van der Waals surface area (Å²) in [6.07, 6.45) is -0.818. The van der Waals surface area contributed by atoms with Crippen molar-refractivity contribution in [2.24, 2.45) is 0 Å². The van der Waals surface area contributed by atoms with E-state index < -0.39 is 23.9 Å². The first-order valence-corrected chi connectivity index (χ1v) is 10.7. The molecule has 1 aliphatic heterocycles. The summed E-state index contributed by atoms with van der Waals surface area (Å²) in [7, 11) is 0. The number of alkyl carbamates (subject to hydrolysis) is 1. The molecule has 0 saturated heterocycles. The third-order valence-corrected chi connectivity index (χ3v) is 5.79. The molecule has 8 nitrogen and oxygen atoms in total. The number of thioether (sulfide) groups is 1. The molecule has 0 bridgehead atoms. The monoisotopic (exact) mass is 435 g/mol. The fraction of sp³-hybridized carbons (Fsp3) is 0.368. The molecule has 10 heteroatoms. The number of carbonyl (C=O) groups is 3. The highest BCUT2D eigenvalue weighted by molar-refractivity contribution is 8.03. The largest absolute Gasteiger partial charge is 0.463 e. The highest BCUT2D eigenvalue weighted by atomic mass is 32.2. The molecular formula is C19H21N3O5S2. The summed E-state index contributed by atoms with van der Waals surface area (Å²) in [5, 5.41) is 17.3. The van der Waals surface area contributed by atoms with Gasteiger partial charge in [-0.15, -0.1) is 11.3 Å². The summed E-state index contributed by atoms with van der Waals surface area (Å²) in [6.45, 7) is 5.44. The molecule has 0 aromatic carbocycles. The average molecular weight is 436 g/mol. The number of rotatable bonds is 7. The van der Waals surface area contributed by atoms with Gasteiger partial charge in [-0.2, -0.15) is 5.26 Å². The Hall–Kier alpha value is -2.77. The van der Waals surface area contributed by atoms with Crippen molar-refractivity contribution in [2.45, 2.75) is 26.7 Å². The maximum atomic E-state index is 12.6. The van der Waals surface area contributed by atoms with Gasteiger partial charge in [0.1, 0.15) is 0 Å². The van der Waals surface area contributed by atoms with Gasteiger partial charge in [-0.3, -0.25) is 10.1 Å². The van der Waals surface area contributed by atoms with Crippen LogP contribution in [0.4, 0.5) is 4.79 Å². The Morgan fingerprint density at radius 1 is 1.31 bits per heavy atom. The van der Waals surface area contributed by atoms with E-state index in [9.17, 15) is 19.6 Å². The van der Waals surface area contributed by atoms with Crippen LogP contribution in [0.15, 0.2) is 39.4 Å². The second kappa shape index (κ2) is 10.7. The summed E-state index contributed by atoms with van der Waals surface area (Å²) in [4.78, 5) is 36.7. The molecule has 0 radical (unpaired) electrons. The quantitative estimate of drug-likeness (QED) is 0.628. The highest BCUT2D eigenvalue weighted by Gasteiger charge is 2.36. The Balaban J connectivity index is 2.29. The molecule has 2 heterocycles. The predicted octanol–water partition coefficient (Wildman–Crippen LogP) is 3.01. The van der Waals surface area contributed by atoms with E-state index >= 15 is 0 Å².